The maximum absolute atomic E-state index is 12.4. The fourth-order valence-corrected chi connectivity index (χ4v) is 3.13. The Kier molecular flexibility index (Phi) is 6.37. The first kappa shape index (κ1) is 21.0. The number of carbonyl (C=O) groups excluding carboxylic acids is 1. The van der Waals surface area contributed by atoms with E-state index in [0.29, 0.717) is 17.5 Å². The third-order valence-corrected chi connectivity index (χ3v) is 5.05. The van der Waals surface area contributed by atoms with E-state index in [0.717, 1.165) is 10.0 Å². The zero-order chi connectivity index (χ0) is 21.0. The molecule has 0 atom stereocenters. The molecule has 0 bridgehead atoms. The molecule has 0 spiro atoms. The van der Waals surface area contributed by atoms with Crippen molar-refractivity contribution in [2.75, 3.05) is 13.7 Å². The molecule has 0 aliphatic carbocycles. The smallest absolute Gasteiger partial charge is 0.260 e. The number of ether oxygens (including phenoxy) is 1. The van der Waals surface area contributed by atoms with Crippen molar-refractivity contribution in [2.45, 2.75) is 32.7 Å². The van der Waals surface area contributed by atoms with E-state index in [2.05, 4.69) is 46.9 Å². The van der Waals surface area contributed by atoms with Crippen LogP contribution in [0.25, 0.3) is 11.5 Å². The molecule has 152 valence electrons. The summed E-state index contributed by atoms with van der Waals surface area (Å²) in [7, 11) is 1.68. The fourth-order valence-electron chi connectivity index (χ4n) is 2.64. The quantitative estimate of drug-likeness (QED) is 0.529. The zero-order valence-electron chi connectivity index (χ0n) is 17.0. The van der Waals surface area contributed by atoms with Crippen LogP contribution in [0.4, 0.5) is 0 Å². The first-order valence-electron chi connectivity index (χ1n) is 9.28. The highest BCUT2D eigenvalue weighted by molar-refractivity contribution is 9.10. The van der Waals surface area contributed by atoms with E-state index < -0.39 is 0 Å². The van der Waals surface area contributed by atoms with E-state index in [1.165, 1.54) is 10.5 Å². The maximum atomic E-state index is 12.4. The molecule has 6 nitrogen and oxygen atoms in total. The number of aromatic nitrogens is 2. The van der Waals surface area contributed by atoms with Gasteiger partial charge < -0.3 is 14.1 Å². The largest absolute Gasteiger partial charge is 0.483 e. The van der Waals surface area contributed by atoms with Crippen LogP contribution in [0.3, 0.4) is 0 Å². The van der Waals surface area contributed by atoms with Crippen LogP contribution in [0.15, 0.2) is 57.4 Å². The number of benzene rings is 2. The van der Waals surface area contributed by atoms with Crippen molar-refractivity contribution in [1.29, 1.82) is 0 Å². The van der Waals surface area contributed by atoms with Gasteiger partial charge in [0.15, 0.2) is 6.61 Å². The summed E-state index contributed by atoms with van der Waals surface area (Å²) in [6.45, 7) is 6.58. The summed E-state index contributed by atoms with van der Waals surface area (Å²) in [5, 5.41) is 8.06. The second-order valence-corrected chi connectivity index (χ2v) is 8.65. The summed E-state index contributed by atoms with van der Waals surface area (Å²) in [4.78, 5) is 13.9. The Hall–Kier alpha value is -2.67. The van der Waals surface area contributed by atoms with E-state index >= 15 is 0 Å². The van der Waals surface area contributed by atoms with Crippen LogP contribution in [0.5, 0.6) is 5.75 Å². The lowest BCUT2D eigenvalue weighted by atomic mass is 9.87. The zero-order valence-corrected chi connectivity index (χ0v) is 18.6. The molecule has 0 saturated heterocycles. The van der Waals surface area contributed by atoms with Gasteiger partial charge in [-0.25, -0.2) is 0 Å². The van der Waals surface area contributed by atoms with Crippen LogP contribution in [0, 0.1) is 0 Å². The van der Waals surface area contributed by atoms with Crippen LogP contribution in [0.2, 0.25) is 0 Å². The van der Waals surface area contributed by atoms with Crippen LogP contribution >= 0.6 is 15.9 Å². The van der Waals surface area contributed by atoms with Crippen molar-refractivity contribution in [2.24, 2.45) is 0 Å². The van der Waals surface area contributed by atoms with Gasteiger partial charge in [0.2, 0.25) is 11.8 Å². The van der Waals surface area contributed by atoms with Gasteiger partial charge in [0.1, 0.15) is 5.75 Å². The monoisotopic (exact) mass is 457 g/mol. The van der Waals surface area contributed by atoms with Gasteiger partial charge in [-0.15, -0.1) is 10.2 Å². The number of amides is 1. The summed E-state index contributed by atoms with van der Waals surface area (Å²) in [6.07, 6.45) is 0. The van der Waals surface area contributed by atoms with Crippen LogP contribution in [-0.4, -0.2) is 34.7 Å². The molecule has 1 aromatic heterocycles. The molecular formula is C22H24BrN3O3. The van der Waals surface area contributed by atoms with E-state index in [1.807, 2.05) is 48.5 Å². The molecule has 29 heavy (non-hydrogen) atoms. The van der Waals surface area contributed by atoms with E-state index in [1.54, 1.807) is 7.05 Å². The van der Waals surface area contributed by atoms with Gasteiger partial charge in [-0.2, -0.15) is 0 Å². The normalized spacial score (nSPS) is 11.3. The van der Waals surface area contributed by atoms with E-state index in [9.17, 15) is 4.79 Å². The Morgan fingerprint density at radius 1 is 1.14 bits per heavy atom. The van der Waals surface area contributed by atoms with Crippen LogP contribution in [0.1, 0.15) is 32.2 Å². The highest BCUT2D eigenvalue weighted by Gasteiger charge is 2.18. The Bertz CT molecular complexity index is 980. The van der Waals surface area contributed by atoms with Gasteiger partial charge in [0.25, 0.3) is 5.91 Å². The van der Waals surface area contributed by atoms with Crippen LogP contribution < -0.4 is 4.74 Å². The molecule has 7 heteroatoms. The van der Waals surface area contributed by atoms with E-state index in [-0.39, 0.29) is 24.5 Å². The molecule has 0 aliphatic rings. The number of hydrogen-bond acceptors (Lipinski definition) is 5. The molecule has 3 aromatic rings. The average Bonchev–Trinajstić information content (AvgIpc) is 3.15. The number of hydrogen-bond donors (Lipinski definition) is 0. The summed E-state index contributed by atoms with van der Waals surface area (Å²) in [6, 6.07) is 15.4. The predicted molar refractivity (Wildman–Crippen MR) is 115 cm³/mol. The van der Waals surface area contributed by atoms with Crippen molar-refractivity contribution in [3.8, 4) is 17.2 Å². The molecule has 0 radical (unpaired) electrons. The Morgan fingerprint density at radius 2 is 1.86 bits per heavy atom. The fraction of sp³-hybridized carbons (Fsp3) is 0.318. The SMILES string of the molecule is CN(Cc1nnc(-c2ccccc2)o1)C(=O)COc1ccc(C(C)(C)C)cc1Br. The van der Waals surface area contributed by atoms with Crippen molar-refractivity contribution >= 4 is 21.8 Å². The van der Waals surface area contributed by atoms with Gasteiger partial charge in [-0.1, -0.05) is 45.0 Å². The van der Waals surface area contributed by atoms with Gasteiger partial charge in [0.05, 0.1) is 11.0 Å². The van der Waals surface area contributed by atoms with Crippen LogP contribution in [-0.2, 0) is 16.8 Å². The van der Waals surface area contributed by atoms with Crippen molar-refractivity contribution in [3.63, 3.8) is 0 Å². The Morgan fingerprint density at radius 3 is 2.52 bits per heavy atom. The molecule has 1 heterocycles. The maximum Gasteiger partial charge on any atom is 0.260 e. The molecular weight excluding hydrogens is 434 g/mol. The lowest BCUT2D eigenvalue weighted by Crippen LogP contribution is -2.31. The van der Waals surface area contributed by atoms with Crippen molar-refractivity contribution in [3.05, 3.63) is 64.5 Å². The van der Waals surface area contributed by atoms with Gasteiger partial charge in [0, 0.05) is 12.6 Å². The molecule has 1 amide bonds. The highest BCUT2D eigenvalue weighted by Crippen LogP contribution is 2.31. The first-order valence-corrected chi connectivity index (χ1v) is 10.1. The average molecular weight is 458 g/mol. The topological polar surface area (TPSA) is 68.5 Å². The summed E-state index contributed by atoms with van der Waals surface area (Å²) >= 11 is 3.52. The Labute approximate surface area is 179 Å². The number of nitrogens with zero attached hydrogens (tertiary/aromatic N) is 3. The third kappa shape index (κ3) is 5.44. The third-order valence-electron chi connectivity index (χ3n) is 4.43. The molecule has 2 aromatic carbocycles. The second-order valence-electron chi connectivity index (χ2n) is 7.80. The summed E-state index contributed by atoms with van der Waals surface area (Å²) < 4.78 is 12.2. The lowest BCUT2D eigenvalue weighted by molar-refractivity contribution is -0.132. The van der Waals surface area contributed by atoms with Gasteiger partial charge in [-0.3, -0.25) is 4.79 Å². The molecule has 3 rings (SSSR count). The predicted octanol–water partition coefficient (Wildman–Crippen LogP) is 4.83. The van der Waals surface area contributed by atoms with Crippen molar-refractivity contribution < 1.29 is 13.9 Å². The van der Waals surface area contributed by atoms with Crippen molar-refractivity contribution in [1.82, 2.24) is 15.1 Å². The number of halogens is 1. The minimum atomic E-state index is -0.184. The van der Waals surface area contributed by atoms with E-state index in [4.69, 9.17) is 9.15 Å². The van der Waals surface area contributed by atoms with Gasteiger partial charge in [-0.05, 0) is 51.2 Å². The number of rotatable bonds is 6. The van der Waals surface area contributed by atoms with Gasteiger partial charge >= 0.3 is 0 Å². The molecule has 0 fully saturated rings. The standard InChI is InChI=1S/C22H24BrN3O3/c1-22(2,3)16-10-11-18(17(23)12-16)28-14-20(27)26(4)13-19-24-25-21(29-19)15-8-6-5-7-9-15/h5-12H,13-14H2,1-4H3. The number of carbonyl (C=O) groups is 1. The number of likely N-dealkylation sites (N-methyl/N-ethyl adjacent to an activating group) is 1. The first-order chi connectivity index (χ1) is 13.7. The second kappa shape index (κ2) is 8.78. The highest BCUT2D eigenvalue weighted by atomic mass is 79.9. The summed E-state index contributed by atoms with van der Waals surface area (Å²) in [5.41, 5.74) is 2.07. The molecule has 0 aliphatic heterocycles. The summed E-state index contributed by atoms with van der Waals surface area (Å²) in [5.74, 6) is 1.25. The molecule has 0 unspecified atom stereocenters. The molecule has 0 saturated carbocycles. The lowest BCUT2D eigenvalue weighted by Gasteiger charge is -2.20. The minimum Gasteiger partial charge on any atom is -0.483 e. The minimum absolute atomic E-state index is 0.0414. The molecule has 0 N–H and O–H groups in total. The Balaban J connectivity index is 1.57.